The van der Waals surface area contributed by atoms with Crippen molar-refractivity contribution >= 4 is 21.9 Å². The van der Waals surface area contributed by atoms with Gasteiger partial charge in [0.1, 0.15) is 12.2 Å². The van der Waals surface area contributed by atoms with Crippen molar-refractivity contribution < 1.29 is 14.6 Å². The summed E-state index contributed by atoms with van der Waals surface area (Å²) in [6, 6.07) is 8.88. The molecule has 0 aliphatic rings. The molecule has 6 heteroatoms. The lowest BCUT2D eigenvalue weighted by atomic mass is 10.2. The van der Waals surface area contributed by atoms with Gasteiger partial charge in [0.05, 0.1) is 6.20 Å². The van der Waals surface area contributed by atoms with Gasteiger partial charge in [0, 0.05) is 4.47 Å². The molecule has 0 saturated heterocycles. The van der Waals surface area contributed by atoms with Crippen LogP contribution in [0, 0.1) is 0 Å². The van der Waals surface area contributed by atoms with Gasteiger partial charge < -0.3 is 9.84 Å². The SMILES string of the molecule is O=C(O)c1ccnnc1OCc1cccc(Br)c1. The van der Waals surface area contributed by atoms with Crippen molar-refractivity contribution in [2.75, 3.05) is 0 Å². The van der Waals surface area contributed by atoms with Crippen LogP contribution in [-0.4, -0.2) is 21.3 Å². The Morgan fingerprint density at radius 2 is 2.22 bits per heavy atom. The van der Waals surface area contributed by atoms with Crippen molar-refractivity contribution in [3.63, 3.8) is 0 Å². The van der Waals surface area contributed by atoms with Gasteiger partial charge in [0.2, 0.25) is 5.88 Å². The highest BCUT2D eigenvalue weighted by Crippen LogP contribution is 2.16. The van der Waals surface area contributed by atoms with Crippen LogP contribution in [0.3, 0.4) is 0 Å². The quantitative estimate of drug-likeness (QED) is 0.939. The summed E-state index contributed by atoms with van der Waals surface area (Å²) in [6.45, 7) is 0.235. The molecule has 1 N–H and O–H groups in total. The molecule has 0 amide bonds. The highest BCUT2D eigenvalue weighted by Gasteiger charge is 2.12. The second-order valence-electron chi connectivity index (χ2n) is 3.47. The third-order valence-corrected chi connectivity index (χ3v) is 2.68. The first-order valence-electron chi connectivity index (χ1n) is 5.09. The second-order valence-corrected chi connectivity index (χ2v) is 4.39. The number of aromatic carboxylic acids is 1. The molecule has 0 fully saturated rings. The monoisotopic (exact) mass is 308 g/mol. The van der Waals surface area contributed by atoms with E-state index in [1.54, 1.807) is 0 Å². The highest BCUT2D eigenvalue weighted by atomic mass is 79.9. The number of nitrogens with zero attached hydrogens (tertiary/aromatic N) is 2. The van der Waals surface area contributed by atoms with Crippen LogP contribution >= 0.6 is 15.9 Å². The van der Waals surface area contributed by atoms with Crippen molar-refractivity contribution in [3.05, 3.63) is 52.1 Å². The van der Waals surface area contributed by atoms with E-state index in [0.717, 1.165) is 10.0 Å². The molecular formula is C12H9BrN2O3. The van der Waals surface area contributed by atoms with Crippen molar-refractivity contribution in [2.45, 2.75) is 6.61 Å². The van der Waals surface area contributed by atoms with Gasteiger partial charge in [0.25, 0.3) is 0 Å². The number of halogens is 1. The Balaban J connectivity index is 2.13. The molecule has 0 aliphatic carbocycles. The molecule has 18 heavy (non-hydrogen) atoms. The van der Waals surface area contributed by atoms with Crippen LogP contribution in [-0.2, 0) is 6.61 Å². The summed E-state index contributed by atoms with van der Waals surface area (Å²) in [5.74, 6) is -1.07. The number of rotatable bonds is 4. The van der Waals surface area contributed by atoms with Crippen LogP contribution in [0.1, 0.15) is 15.9 Å². The molecule has 5 nitrogen and oxygen atoms in total. The number of hydrogen-bond acceptors (Lipinski definition) is 4. The molecule has 0 aliphatic heterocycles. The van der Waals surface area contributed by atoms with Gasteiger partial charge in [-0.1, -0.05) is 28.1 Å². The molecule has 1 aromatic carbocycles. The van der Waals surface area contributed by atoms with E-state index in [0.29, 0.717) is 0 Å². The Morgan fingerprint density at radius 3 is 2.94 bits per heavy atom. The van der Waals surface area contributed by atoms with Crippen LogP contribution < -0.4 is 4.74 Å². The van der Waals surface area contributed by atoms with Crippen LogP contribution in [0.5, 0.6) is 5.88 Å². The molecule has 2 rings (SSSR count). The Bertz CT molecular complexity index is 575. The van der Waals surface area contributed by atoms with Gasteiger partial charge >= 0.3 is 5.97 Å². The molecule has 0 bridgehead atoms. The zero-order chi connectivity index (χ0) is 13.0. The van der Waals surface area contributed by atoms with E-state index in [1.807, 2.05) is 24.3 Å². The predicted octanol–water partition coefficient (Wildman–Crippen LogP) is 2.52. The summed E-state index contributed by atoms with van der Waals surface area (Å²) in [4.78, 5) is 10.9. The van der Waals surface area contributed by atoms with Gasteiger partial charge in [-0.2, -0.15) is 5.10 Å². The van der Waals surface area contributed by atoms with E-state index in [-0.39, 0.29) is 18.1 Å². The Morgan fingerprint density at radius 1 is 1.39 bits per heavy atom. The molecule has 0 radical (unpaired) electrons. The fourth-order valence-corrected chi connectivity index (χ4v) is 1.81. The van der Waals surface area contributed by atoms with E-state index in [1.165, 1.54) is 12.3 Å². The Labute approximate surface area is 112 Å². The largest absolute Gasteiger partial charge is 0.477 e. The smallest absolute Gasteiger partial charge is 0.341 e. The van der Waals surface area contributed by atoms with E-state index in [9.17, 15) is 4.79 Å². The molecule has 0 saturated carbocycles. The van der Waals surface area contributed by atoms with E-state index in [2.05, 4.69) is 26.1 Å². The maximum Gasteiger partial charge on any atom is 0.341 e. The average molecular weight is 309 g/mol. The maximum atomic E-state index is 10.9. The number of hydrogen-bond donors (Lipinski definition) is 1. The summed E-state index contributed by atoms with van der Waals surface area (Å²) in [7, 11) is 0. The average Bonchev–Trinajstić information content (AvgIpc) is 2.37. The van der Waals surface area contributed by atoms with E-state index in [4.69, 9.17) is 9.84 Å². The van der Waals surface area contributed by atoms with Crippen molar-refractivity contribution in [3.8, 4) is 5.88 Å². The molecule has 0 spiro atoms. The van der Waals surface area contributed by atoms with E-state index >= 15 is 0 Å². The van der Waals surface area contributed by atoms with Gasteiger partial charge in [-0.25, -0.2) is 4.79 Å². The molecular weight excluding hydrogens is 300 g/mol. The van der Waals surface area contributed by atoms with Crippen LogP contribution in [0.25, 0.3) is 0 Å². The van der Waals surface area contributed by atoms with E-state index < -0.39 is 5.97 Å². The predicted molar refractivity (Wildman–Crippen MR) is 67.5 cm³/mol. The van der Waals surface area contributed by atoms with Crippen LogP contribution in [0.2, 0.25) is 0 Å². The summed E-state index contributed by atoms with van der Waals surface area (Å²) in [5.41, 5.74) is 0.909. The first kappa shape index (κ1) is 12.5. The zero-order valence-electron chi connectivity index (χ0n) is 9.21. The van der Waals surface area contributed by atoms with Crippen molar-refractivity contribution in [1.82, 2.24) is 10.2 Å². The molecule has 0 atom stereocenters. The number of aromatic nitrogens is 2. The third kappa shape index (κ3) is 3.04. The van der Waals surface area contributed by atoms with Crippen molar-refractivity contribution in [2.24, 2.45) is 0 Å². The van der Waals surface area contributed by atoms with Crippen LogP contribution in [0.15, 0.2) is 41.0 Å². The fraction of sp³-hybridized carbons (Fsp3) is 0.0833. The summed E-state index contributed by atoms with van der Waals surface area (Å²) < 4.78 is 6.30. The minimum absolute atomic E-state index is 0.00000295. The molecule has 0 unspecified atom stereocenters. The van der Waals surface area contributed by atoms with Gasteiger partial charge in [-0.15, -0.1) is 5.10 Å². The lowest BCUT2D eigenvalue weighted by Gasteiger charge is -2.07. The van der Waals surface area contributed by atoms with Gasteiger partial charge in [-0.3, -0.25) is 0 Å². The number of ether oxygens (including phenoxy) is 1. The summed E-state index contributed by atoms with van der Waals surface area (Å²) in [6.07, 6.45) is 1.31. The summed E-state index contributed by atoms with van der Waals surface area (Å²) >= 11 is 3.35. The standard InChI is InChI=1S/C12H9BrN2O3/c13-9-3-1-2-8(6-9)7-18-11-10(12(16)17)4-5-14-15-11/h1-6H,7H2,(H,16,17). The highest BCUT2D eigenvalue weighted by molar-refractivity contribution is 9.10. The fourth-order valence-electron chi connectivity index (χ4n) is 1.37. The number of carboxylic acids is 1. The summed E-state index contributed by atoms with van der Waals surface area (Å²) in [5, 5.41) is 16.2. The minimum atomic E-state index is -1.09. The minimum Gasteiger partial charge on any atom is -0.477 e. The number of benzene rings is 1. The van der Waals surface area contributed by atoms with Crippen LogP contribution in [0.4, 0.5) is 0 Å². The first-order chi connectivity index (χ1) is 8.66. The zero-order valence-corrected chi connectivity index (χ0v) is 10.8. The first-order valence-corrected chi connectivity index (χ1v) is 5.88. The molecule has 2 aromatic rings. The second kappa shape index (κ2) is 5.59. The molecule has 1 heterocycles. The van der Waals surface area contributed by atoms with Gasteiger partial charge in [-0.05, 0) is 23.8 Å². The maximum absolute atomic E-state index is 10.9. The Kier molecular flexibility index (Phi) is 3.88. The van der Waals surface area contributed by atoms with Gasteiger partial charge in [0.15, 0.2) is 0 Å². The third-order valence-electron chi connectivity index (χ3n) is 2.18. The lowest BCUT2D eigenvalue weighted by molar-refractivity contribution is 0.0690. The molecule has 1 aromatic heterocycles. The molecule has 92 valence electrons. The normalized spacial score (nSPS) is 10.1. The topological polar surface area (TPSA) is 72.3 Å². The van der Waals surface area contributed by atoms with Crippen molar-refractivity contribution in [1.29, 1.82) is 0 Å². The Hall–Kier alpha value is -1.95. The number of carboxylic acid groups (broad SMARTS) is 1. The number of carbonyl (C=O) groups is 1. The lowest BCUT2D eigenvalue weighted by Crippen LogP contribution is -2.06.